The van der Waals surface area contributed by atoms with Gasteiger partial charge in [-0.1, -0.05) is 29.8 Å². The number of anilines is 2. The van der Waals surface area contributed by atoms with E-state index in [1.54, 1.807) is 6.07 Å². The number of benzene rings is 2. The molecular formula is C17H19ClN2O. The first-order valence-corrected chi connectivity index (χ1v) is 7.62. The summed E-state index contributed by atoms with van der Waals surface area (Å²) < 4.78 is 6.06. The molecule has 0 aliphatic carbocycles. The first kappa shape index (κ1) is 14.1. The number of ether oxygens (including phenoxy) is 1. The quantitative estimate of drug-likeness (QED) is 0.872. The summed E-state index contributed by atoms with van der Waals surface area (Å²) in [5.74, 6) is 0.714. The molecule has 1 aliphatic rings. The van der Waals surface area contributed by atoms with Crippen molar-refractivity contribution in [2.24, 2.45) is 0 Å². The number of nitrogens with two attached hydrogens (primary N) is 1. The van der Waals surface area contributed by atoms with Crippen LogP contribution in [0, 0.1) is 0 Å². The molecule has 1 saturated heterocycles. The third-order valence-electron chi connectivity index (χ3n) is 3.75. The highest BCUT2D eigenvalue weighted by atomic mass is 35.5. The standard InChI is InChI=1S/C17H19ClN2O/c18-16-11-13(19)8-9-17(16)21-15-7-4-10-20(12-15)14-5-2-1-3-6-14/h1-3,5-6,8-9,11,15H,4,7,10,12,19H2/t15-/m1/s1. The maximum absolute atomic E-state index is 6.18. The molecule has 2 N–H and O–H groups in total. The van der Waals surface area contributed by atoms with Gasteiger partial charge in [-0.3, -0.25) is 0 Å². The van der Waals surface area contributed by atoms with Crippen LogP contribution in [0.4, 0.5) is 11.4 Å². The summed E-state index contributed by atoms with van der Waals surface area (Å²) in [4.78, 5) is 2.36. The van der Waals surface area contributed by atoms with Crippen LogP contribution in [0.1, 0.15) is 12.8 Å². The average molecular weight is 303 g/mol. The Bertz CT molecular complexity index is 603. The molecule has 3 rings (SSSR count). The van der Waals surface area contributed by atoms with Gasteiger partial charge in [0.2, 0.25) is 0 Å². The molecular weight excluding hydrogens is 284 g/mol. The van der Waals surface area contributed by atoms with Gasteiger partial charge >= 0.3 is 0 Å². The molecule has 4 heteroatoms. The lowest BCUT2D eigenvalue weighted by Gasteiger charge is -2.34. The van der Waals surface area contributed by atoms with E-state index in [-0.39, 0.29) is 6.10 Å². The predicted octanol–water partition coefficient (Wildman–Crippen LogP) is 3.97. The zero-order valence-electron chi connectivity index (χ0n) is 11.8. The summed E-state index contributed by atoms with van der Waals surface area (Å²) in [5, 5.41) is 0.576. The maximum atomic E-state index is 6.18. The van der Waals surface area contributed by atoms with E-state index < -0.39 is 0 Å². The zero-order valence-corrected chi connectivity index (χ0v) is 12.6. The summed E-state index contributed by atoms with van der Waals surface area (Å²) in [6.07, 6.45) is 2.32. The number of para-hydroxylation sites is 1. The summed E-state index contributed by atoms with van der Waals surface area (Å²) in [5.41, 5.74) is 7.61. The molecule has 1 atom stereocenters. The number of nitrogens with zero attached hydrogens (tertiary/aromatic N) is 1. The molecule has 2 aromatic carbocycles. The van der Waals surface area contributed by atoms with Gasteiger partial charge in [0.15, 0.2) is 0 Å². The highest BCUT2D eigenvalue weighted by molar-refractivity contribution is 6.32. The molecule has 0 bridgehead atoms. The van der Waals surface area contributed by atoms with Crippen LogP contribution in [0.3, 0.4) is 0 Å². The highest BCUT2D eigenvalue weighted by Crippen LogP contribution is 2.29. The van der Waals surface area contributed by atoms with E-state index in [1.165, 1.54) is 5.69 Å². The SMILES string of the molecule is Nc1ccc(O[C@@H]2CCCN(c3ccccc3)C2)c(Cl)c1. The van der Waals surface area contributed by atoms with E-state index >= 15 is 0 Å². The Hall–Kier alpha value is -1.87. The van der Waals surface area contributed by atoms with Gasteiger partial charge in [0.1, 0.15) is 11.9 Å². The zero-order chi connectivity index (χ0) is 14.7. The second-order valence-corrected chi connectivity index (χ2v) is 5.76. The van der Waals surface area contributed by atoms with Crippen molar-refractivity contribution in [3.05, 3.63) is 53.6 Å². The van der Waals surface area contributed by atoms with Crippen LogP contribution in [0.15, 0.2) is 48.5 Å². The van der Waals surface area contributed by atoms with Crippen LogP contribution in [0.5, 0.6) is 5.75 Å². The summed E-state index contributed by atoms with van der Waals surface area (Å²) >= 11 is 6.18. The second-order valence-electron chi connectivity index (χ2n) is 5.35. The Morgan fingerprint density at radius 3 is 2.71 bits per heavy atom. The fourth-order valence-electron chi connectivity index (χ4n) is 2.70. The van der Waals surface area contributed by atoms with Gasteiger partial charge in [-0.25, -0.2) is 0 Å². The van der Waals surface area contributed by atoms with Crippen LogP contribution < -0.4 is 15.4 Å². The van der Waals surface area contributed by atoms with Crippen molar-refractivity contribution >= 4 is 23.0 Å². The Morgan fingerprint density at radius 2 is 1.95 bits per heavy atom. The van der Waals surface area contributed by atoms with Crippen LogP contribution in [0.2, 0.25) is 5.02 Å². The van der Waals surface area contributed by atoms with E-state index in [4.69, 9.17) is 22.1 Å². The summed E-state index contributed by atoms with van der Waals surface area (Å²) in [6, 6.07) is 15.8. The number of nitrogen functional groups attached to an aromatic ring is 1. The smallest absolute Gasteiger partial charge is 0.138 e. The summed E-state index contributed by atoms with van der Waals surface area (Å²) in [7, 11) is 0. The second kappa shape index (κ2) is 6.27. The lowest BCUT2D eigenvalue weighted by atomic mass is 10.1. The Morgan fingerprint density at radius 1 is 1.14 bits per heavy atom. The van der Waals surface area contributed by atoms with E-state index in [0.29, 0.717) is 16.5 Å². The number of piperidine rings is 1. The monoisotopic (exact) mass is 302 g/mol. The molecule has 1 aliphatic heterocycles. The first-order chi connectivity index (χ1) is 10.2. The largest absolute Gasteiger partial charge is 0.487 e. The summed E-state index contributed by atoms with van der Waals surface area (Å²) in [6.45, 7) is 1.95. The predicted molar refractivity (Wildman–Crippen MR) is 88.2 cm³/mol. The van der Waals surface area contributed by atoms with Crippen LogP contribution >= 0.6 is 11.6 Å². The number of halogens is 1. The molecule has 1 fully saturated rings. The van der Waals surface area contributed by atoms with Crippen molar-refractivity contribution in [2.75, 3.05) is 23.7 Å². The maximum Gasteiger partial charge on any atom is 0.138 e. The molecule has 0 radical (unpaired) electrons. The van der Waals surface area contributed by atoms with Crippen molar-refractivity contribution in [2.45, 2.75) is 18.9 Å². The van der Waals surface area contributed by atoms with E-state index in [2.05, 4.69) is 29.2 Å². The van der Waals surface area contributed by atoms with Crippen molar-refractivity contribution < 1.29 is 4.74 Å². The van der Waals surface area contributed by atoms with Gasteiger partial charge < -0.3 is 15.4 Å². The molecule has 1 heterocycles. The van der Waals surface area contributed by atoms with Crippen LogP contribution in [0.25, 0.3) is 0 Å². The Labute approximate surface area is 130 Å². The van der Waals surface area contributed by atoms with Gasteiger partial charge in [-0.15, -0.1) is 0 Å². The highest BCUT2D eigenvalue weighted by Gasteiger charge is 2.22. The minimum Gasteiger partial charge on any atom is -0.487 e. The molecule has 0 unspecified atom stereocenters. The number of hydrogen-bond acceptors (Lipinski definition) is 3. The molecule has 0 saturated carbocycles. The topological polar surface area (TPSA) is 38.5 Å². The minimum atomic E-state index is 0.153. The van der Waals surface area contributed by atoms with E-state index in [9.17, 15) is 0 Å². The number of rotatable bonds is 3. The van der Waals surface area contributed by atoms with Gasteiger partial charge in [-0.2, -0.15) is 0 Å². The third-order valence-corrected chi connectivity index (χ3v) is 4.04. The first-order valence-electron chi connectivity index (χ1n) is 7.24. The van der Waals surface area contributed by atoms with Crippen molar-refractivity contribution in [1.29, 1.82) is 0 Å². The van der Waals surface area contributed by atoms with Gasteiger partial charge in [0.05, 0.1) is 11.6 Å². The van der Waals surface area contributed by atoms with Crippen molar-refractivity contribution in [1.82, 2.24) is 0 Å². The van der Waals surface area contributed by atoms with Gasteiger partial charge in [0, 0.05) is 17.9 Å². The Kier molecular flexibility index (Phi) is 4.20. The molecule has 110 valence electrons. The third kappa shape index (κ3) is 3.42. The fraction of sp³-hybridized carbons (Fsp3) is 0.294. The van der Waals surface area contributed by atoms with Gasteiger partial charge in [0.25, 0.3) is 0 Å². The van der Waals surface area contributed by atoms with Gasteiger partial charge in [-0.05, 0) is 43.2 Å². The average Bonchev–Trinajstić information content (AvgIpc) is 2.51. The van der Waals surface area contributed by atoms with Crippen molar-refractivity contribution in [3.63, 3.8) is 0 Å². The molecule has 21 heavy (non-hydrogen) atoms. The molecule has 0 spiro atoms. The molecule has 0 aromatic heterocycles. The molecule has 2 aromatic rings. The minimum absolute atomic E-state index is 0.153. The lowest BCUT2D eigenvalue weighted by Crippen LogP contribution is -2.41. The number of hydrogen-bond donors (Lipinski definition) is 1. The lowest BCUT2D eigenvalue weighted by molar-refractivity contribution is 0.179. The normalized spacial score (nSPS) is 18.5. The van der Waals surface area contributed by atoms with Crippen LogP contribution in [-0.2, 0) is 0 Å². The van der Waals surface area contributed by atoms with E-state index in [1.807, 2.05) is 18.2 Å². The van der Waals surface area contributed by atoms with Crippen LogP contribution in [-0.4, -0.2) is 19.2 Å². The van der Waals surface area contributed by atoms with Crippen molar-refractivity contribution in [3.8, 4) is 5.75 Å². The van der Waals surface area contributed by atoms with E-state index in [0.717, 1.165) is 25.9 Å². The molecule has 0 amide bonds. The fourth-order valence-corrected chi connectivity index (χ4v) is 2.93. The Balaban J connectivity index is 1.69. The molecule has 3 nitrogen and oxygen atoms in total.